The molecule has 2 heterocycles. The highest BCUT2D eigenvalue weighted by Gasteiger charge is 2.35. The first kappa shape index (κ1) is 16.9. The Morgan fingerprint density at radius 3 is 2.45 bits per heavy atom. The maximum absolute atomic E-state index is 13.1. The molecular weight excluding hydrogens is 292 g/mol. The van der Waals surface area contributed by atoms with Crippen LogP contribution in [0.4, 0.5) is 8.78 Å². The molecule has 2 rings (SSSR count). The van der Waals surface area contributed by atoms with Gasteiger partial charge in [0.05, 0.1) is 5.60 Å². The molecule has 124 valence electrons. The largest absolute Gasteiger partial charge is 0.388 e. The van der Waals surface area contributed by atoms with E-state index in [2.05, 4.69) is 0 Å². The lowest BCUT2D eigenvalue weighted by molar-refractivity contribution is -0.0330. The predicted octanol–water partition coefficient (Wildman–Crippen LogP) is 1.72. The molecule has 1 saturated heterocycles. The number of hydrogen-bond donors (Lipinski definition) is 1. The highest BCUT2D eigenvalue weighted by molar-refractivity contribution is 5.93. The third-order valence-electron chi connectivity index (χ3n) is 4.13. The van der Waals surface area contributed by atoms with Crippen LogP contribution in [0.5, 0.6) is 0 Å². The topological polar surface area (TPSA) is 48.7 Å². The molecule has 22 heavy (non-hydrogen) atoms. The Bertz CT molecular complexity index is 535. The summed E-state index contributed by atoms with van der Waals surface area (Å²) >= 11 is 0. The summed E-state index contributed by atoms with van der Waals surface area (Å²) in [6.45, 7) is 0.0912. The summed E-state index contributed by atoms with van der Waals surface area (Å²) in [5.41, 5.74) is -0.453. The second-order valence-corrected chi connectivity index (χ2v) is 6.26. The van der Waals surface area contributed by atoms with Crippen molar-refractivity contribution in [2.45, 2.75) is 31.9 Å². The van der Waals surface area contributed by atoms with Gasteiger partial charge in [0.25, 0.3) is 5.91 Å². The molecule has 7 heteroatoms. The molecular formula is C15H23F2N3O2. The Labute approximate surface area is 129 Å². The van der Waals surface area contributed by atoms with Gasteiger partial charge >= 0.3 is 6.55 Å². The first-order valence-electron chi connectivity index (χ1n) is 7.36. The molecule has 0 aliphatic carbocycles. The number of alkyl halides is 2. The number of likely N-dealkylation sites (tertiary alicyclic amines) is 1. The molecule has 1 amide bonds. The minimum Gasteiger partial charge on any atom is -0.388 e. The number of carbonyl (C=O) groups is 1. The highest BCUT2D eigenvalue weighted by Crippen LogP contribution is 2.26. The van der Waals surface area contributed by atoms with Crippen LogP contribution < -0.4 is 0 Å². The number of likely N-dealkylation sites (N-methyl/N-ethyl adjacent to an activating group) is 1. The Hall–Kier alpha value is -1.47. The quantitative estimate of drug-likeness (QED) is 0.920. The molecule has 0 radical (unpaired) electrons. The van der Waals surface area contributed by atoms with Crippen molar-refractivity contribution in [3.8, 4) is 0 Å². The van der Waals surface area contributed by atoms with Gasteiger partial charge < -0.3 is 14.9 Å². The fourth-order valence-corrected chi connectivity index (χ4v) is 3.02. The maximum atomic E-state index is 13.1. The summed E-state index contributed by atoms with van der Waals surface area (Å²) in [6, 6.07) is 2.95. The van der Waals surface area contributed by atoms with Gasteiger partial charge in [0.1, 0.15) is 5.69 Å². The van der Waals surface area contributed by atoms with E-state index >= 15 is 0 Å². The maximum Gasteiger partial charge on any atom is 0.319 e. The van der Waals surface area contributed by atoms with Crippen LogP contribution in [0.15, 0.2) is 12.1 Å². The van der Waals surface area contributed by atoms with Crippen LogP contribution in [0.25, 0.3) is 0 Å². The van der Waals surface area contributed by atoms with Gasteiger partial charge in [-0.2, -0.15) is 8.78 Å². The fourth-order valence-electron chi connectivity index (χ4n) is 3.02. The zero-order valence-electron chi connectivity index (χ0n) is 13.2. The summed E-state index contributed by atoms with van der Waals surface area (Å²) in [7, 11) is 3.77. The number of carbonyl (C=O) groups excluding carboxylic acids is 1. The average molecular weight is 315 g/mol. The first-order valence-corrected chi connectivity index (χ1v) is 7.36. The molecule has 1 N–H and O–H groups in total. The lowest BCUT2D eigenvalue weighted by Gasteiger charge is -2.39. The molecule has 0 atom stereocenters. The third kappa shape index (κ3) is 3.47. The van der Waals surface area contributed by atoms with Crippen molar-refractivity contribution in [2.24, 2.45) is 0 Å². The molecule has 0 unspecified atom stereocenters. The van der Waals surface area contributed by atoms with Gasteiger partial charge in [0.15, 0.2) is 0 Å². The SMILES string of the molecule is Cc1ccc(C(=O)N2CCC(O)(CN(C)C)CC2)n1C(F)F. The van der Waals surface area contributed by atoms with Gasteiger partial charge in [0, 0.05) is 25.3 Å². The normalized spacial score (nSPS) is 18.3. The van der Waals surface area contributed by atoms with Gasteiger partial charge in [-0.05, 0) is 46.0 Å². The molecule has 1 fully saturated rings. The molecule has 1 aliphatic heterocycles. The Morgan fingerprint density at radius 2 is 1.95 bits per heavy atom. The third-order valence-corrected chi connectivity index (χ3v) is 4.13. The van der Waals surface area contributed by atoms with Gasteiger partial charge in [0.2, 0.25) is 0 Å². The zero-order valence-corrected chi connectivity index (χ0v) is 13.2. The number of piperidine rings is 1. The van der Waals surface area contributed by atoms with E-state index in [0.717, 1.165) is 4.57 Å². The van der Waals surface area contributed by atoms with E-state index in [9.17, 15) is 18.7 Å². The number of hydrogen-bond acceptors (Lipinski definition) is 3. The van der Waals surface area contributed by atoms with E-state index in [1.54, 1.807) is 6.92 Å². The van der Waals surface area contributed by atoms with Crippen LogP contribution in [0.1, 0.15) is 35.6 Å². The van der Waals surface area contributed by atoms with Crippen molar-refractivity contribution in [1.82, 2.24) is 14.4 Å². The van der Waals surface area contributed by atoms with Crippen molar-refractivity contribution in [2.75, 3.05) is 33.7 Å². The van der Waals surface area contributed by atoms with Gasteiger partial charge in [-0.25, -0.2) is 0 Å². The van der Waals surface area contributed by atoms with E-state index < -0.39 is 18.1 Å². The van der Waals surface area contributed by atoms with Crippen molar-refractivity contribution in [3.05, 3.63) is 23.5 Å². The Balaban J connectivity index is 2.07. The molecule has 0 aromatic carbocycles. The smallest absolute Gasteiger partial charge is 0.319 e. The van der Waals surface area contributed by atoms with E-state index in [0.29, 0.717) is 38.2 Å². The Morgan fingerprint density at radius 1 is 1.36 bits per heavy atom. The van der Waals surface area contributed by atoms with Crippen LogP contribution in [0, 0.1) is 6.92 Å². The van der Waals surface area contributed by atoms with Gasteiger partial charge in [-0.1, -0.05) is 0 Å². The van der Waals surface area contributed by atoms with Crippen molar-refractivity contribution >= 4 is 5.91 Å². The minimum atomic E-state index is -2.73. The number of aliphatic hydroxyl groups is 1. The van der Waals surface area contributed by atoms with E-state index in [4.69, 9.17) is 0 Å². The number of amides is 1. The van der Waals surface area contributed by atoms with Crippen LogP contribution in [-0.4, -0.2) is 64.7 Å². The first-order chi connectivity index (χ1) is 10.2. The van der Waals surface area contributed by atoms with Crippen LogP contribution in [0.2, 0.25) is 0 Å². The monoisotopic (exact) mass is 315 g/mol. The number of aryl methyl sites for hydroxylation is 1. The molecule has 1 aliphatic rings. The second-order valence-electron chi connectivity index (χ2n) is 6.26. The molecule has 0 saturated carbocycles. The molecule has 0 bridgehead atoms. The van der Waals surface area contributed by atoms with Crippen molar-refractivity contribution < 1.29 is 18.7 Å². The molecule has 0 spiro atoms. The summed E-state index contributed by atoms with van der Waals surface area (Å²) in [6.07, 6.45) is 0.899. The van der Waals surface area contributed by atoms with Crippen LogP contribution >= 0.6 is 0 Å². The molecule has 1 aromatic rings. The Kier molecular flexibility index (Phi) is 4.87. The molecule has 1 aromatic heterocycles. The predicted molar refractivity (Wildman–Crippen MR) is 79.1 cm³/mol. The number of aromatic nitrogens is 1. The number of rotatable bonds is 4. The summed E-state index contributed by atoms with van der Waals surface area (Å²) in [5, 5.41) is 10.5. The van der Waals surface area contributed by atoms with Gasteiger partial charge in [-0.3, -0.25) is 9.36 Å². The summed E-state index contributed by atoms with van der Waals surface area (Å²) in [5.74, 6) is -0.402. The highest BCUT2D eigenvalue weighted by atomic mass is 19.3. The lowest BCUT2D eigenvalue weighted by atomic mass is 9.91. The van der Waals surface area contributed by atoms with Crippen molar-refractivity contribution in [1.29, 1.82) is 0 Å². The molecule has 5 nitrogen and oxygen atoms in total. The summed E-state index contributed by atoms with van der Waals surface area (Å²) in [4.78, 5) is 15.9. The van der Waals surface area contributed by atoms with Gasteiger partial charge in [-0.15, -0.1) is 0 Å². The zero-order chi connectivity index (χ0) is 16.5. The van der Waals surface area contributed by atoms with E-state index in [1.807, 2.05) is 19.0 Å². The van der Waals surface area contributed by atoms with Crippen LogP contribution in [-0.2, 0) is 0 Å². The van der Waals surface area contributed by atoms with E-state index in [-0.39, 0.29) is 5.69 Å². The standard InChI is InChI=1S/C15H23F2N3O2/c1-11-4-5-12(20(11)14(16)17)13(21)19-8-6-15(22,7-9-19)10-18(2)3/h4-5,14,22H,6-10H2,1-3H3. The number of halogens is 2. The van der Waals surface area contributed by atoms with E-state index in [1.165, 1.54) is 17.0 Å². The summed E-state index contributed by atoms with van der Waals surface area (Å²) < 4.78 is 26.9. The lowest BCUT2D eigenvalue weighted by Crippen LogP contribution is -2.51. The number of nitrogens with zero attached hydrogens (tertiary/aromatic N) is 3. The second kappa shape index (κ2) is 6.34. The van der Waals surface area contributed by atoms with Crippen molar-refractivity contribution in [3.63, 3.8) is 0 Å². The fraction of sp³-hybridized carbons (Fsp3) is 0.667. The minimum absolute atomic E-state index is 0.00514. The van der Waals surface area contributed by atoms with Crippen LogP contribution in [0.3, 0.4) is 0 Å². The average Bonchev–Trinajstić information content (AvgIpc) is 2.79.